The van der Waals surface area contributed by atoms with Crippen LogP contribution in [0.15, 0.2) is 24.3 Å². The van der Waals surface area contributed by atoms with Gasteiger partial charge in [-0.3, -0.25) is 14.5 Å². The molecule has 0 bridgehead atoms. The molecule has 0 unspecified atom stereocenters. The lowest BCUT2D eigenvalue weighted by Crippen LogP contribution is -2.28. The van der Waals surface area contributed by atoms with E-state index in [0.717, 1.165) is 30.8 Å². The molecular formula is C15H20N2O3. The minimum atomic E-state index is -0.231. The normalized spacial score (nSPS) is 16.4. The van der Waals surface area contributed by atoms with Gasteiger partial charge in [0.05, 0.1) is 13.5 Å². The van der Waals surface area contributed by atoms with Crippen molar-refractivity contribution in [3.63, 3.8) is 0 Å². The van der Waals surface area contributed by atoms with E-state index < -0.39 is 0 Å². The van der Waals surface area contributed by atoms with Gasteiger partial charge in [0, 0.05) is 32.6 Å². The predicted molar refractivity (Wildman–Crippen MR) is 75.1 cm³/mol. The highest BCUT2D eigenvalue weighted by Gasteiger charge is 2.15. The Morgan fingerprint density at radius 2 is 2.05 bits per heavy atom. The molecule has 1 aliphatic rings. The lowest BCUT2D eigenvalue weighted by atomic mass is 10.0. The average Bonchev–Trinajstić information content (AvgIpc) is 2.66. The molecule has 0 spiro atoms. The number of amides is 1. The molecule has 1 aromatic carbocycles. The van der Waals surface area contributed by atoms with Crippen molar-refractivity contribution in [2.75, 3.05) is 26.7 Å². The first-order valence-electron chi connectivity index (χ1n) is 6.81. The van der Waals surface area contributed by atoms with Gasteiger partial charge in [-0.2, -0.15) is 0 Å². The molecule has 0 aliphatic carbocycles. The highest BCUT2D eigenvalue weighted by Crippen LogP contribution is 2.14. The Labute approximate surface area is 118 Å². The molecular weight excluding hydrogens is 256 g/mol. The third kappa shape index (κ3) is 4.06. The summed E-state index contributed by atoms with van der Waals surface area (Å²) in [6, 6.07) is 7.87. The summed E-state index contributed by atoms with van der Waals surface area (Å²) in [5.74, 6) is -0.125. The minimum Gasteiger partial charge on any atom is -0.469 e. The average molecular weight is 276 g/mol. The number of rotatable bonds is 4. The summed E-state index contributed by atoms with van der Waals surface area (Å²) in [6.07, 6.45) is 0.816. The quantitative estimate of drug-likeness (QED) is 0.823. The number of hydrogen-bond acceptors (Lipinski definition) is 4. The van der Waals surface area contributed by atoms with Gasteiger partial charge in [0.1, 0.15) is 0 Å². The van der Waals surface area contributed by atoms with Crippen LogP contribution in [0, 0.1) is 0 Å². The minimum absolute atomic E-state index is 0.107. The lowest BCUT2D eigenvalue weighted by Gasteiger charge is -2.20. The van der Waals surface area contributed by atoms with Crippen LogP contribution in [0.4, 0.5) is 0 Å². The Bertz CT molecular complexity index is 488. The van der Waals surface area contributed by atoms with Crippen LogP contribution in [-0.2, 0) is 27.3 Å². The second-order valence-electron chi connectivity index (χ2n) is 4.90. The van der Waals surface area contributed by atoms with Crippen LogP contribution in [-0.4, -0.2) is 43.5 Å². The fourth-order valence-corrected chi connectivity index (χ4v) is 2.32. The highest BCUT2D eigenvalue weighted by molar-refractivity contribution is 5.76. The topological polar surface area (TPSA) is 58.6 Å². The van der Waals surface area contributed by atoms with Gasteiger partial charge < -0.3 is 10.1 Å². The Morgan fingerprint density at radius 1 is 1.30 bits per heavy atom. The van der Waals surface area contributed by atoms with Gasteiger partial charge in [-0.15, -0.1) is 0 Å². The smallest absolute Gasteiger partial charge is 0.309 e. The van der Waals surface area contributed by atoms with E-state index >= 15 is 0 Å². The van der Waals surface area contributed by atoms with Crippen LogP contribution in [0.5, 0.6) is 0 Å². The molecule has 1 heterocycles. The van der Waals surface area contributed by atoms with E-state index in [1.165, 1.54) is 7.11 Å². The molecule has 5 nitrogen and oxygen atoms in total. The van der Waals surface area contributed by atoms with Crippen molar-refractivity contribution in [3.05, 3.63) is 35.4 Å². The lowest BCUT2D eigenvalue weighted by molar-refractivity contribution is -0.139. The number of methoxy groups -OCH3 is 1. The fraction of sp³-hybridized carbons (Fsp3) is 0.467. The van der Waals surface area contributed by atoms with Crippen LogP contribution in [0.3, 0.4) is 0 Å². The van der Waals surface area contributed by atoms with Crippen molar-refractivity contribution in [1.29, 1.82) is 0 Å². The van der Waals surface area contributed by atoms with E-state index in [0.29, 0.717) is 13.0 Å². The number of benzene rings is 1. The number of ether oxygens (including phenoxy) is 1. The largest absolute Gasteiger partial charge is 0.469 e. The highest BCUT2D eigenvalue weighted by atomic mass is 16.5. The van der Waals surface area contributed by atoms with E-state index in [-0.39, 0.29) is 18.3 Å². The third-order valence-corrected chi connectivity index (χ3v) is 3.48. The molecule has 2 rings (SSSR count). The summed E-state index contributed by atoms with van der Waals surface area (Å²) < 4.78 is 4.73. The summed E-state index contributed by atoms with van der Waals surface area (Å²) in [4.78, 5) is 25.0. The summed E-state index contributed by atoms with van der Waals surface area (Å²) in [5.41, 5.74) is 2.11. The van der Waals surface area contributed by atoms with Crippen molar-refractivity contribution in [2.24, 2.45) is 0 Å². The molecule has 108 valence electrons. The first kappa shape index (κ1) is 14.5. The Kier molecular flexibility index (Phi) is 5.12. The van der Waals surface area contributed by atoms with Crippen molar-refractivity contribution < 1.29 is 14.3 Å². The Hall–Kier alpha value is -1.88. The molecule has 1 N–H and O–H groups in total. The molecule has 1 saturated heterocycles. The monoisotopic (exact) mass is 276 g/mol. The maximum Gasteiger partial charge on any atom is 0.309 e. The van der Waals surface area contributed by atoms with Crippen molar-refractivity contribution in [2.45, 2.75) is 19.4 Å². The zero-order valence-corrected chi connectivity index (χ0v) is 11.7. The molecule has 1 amide bonds. The SMILES string of the molecule is COC(=O)Cc1ccccc1CN1CCNC(=O)CC1. The third-order valence-electron chi connectivity index (χ3n) is 3.48. The van der Waals surface area contributed by atoms with Gasteiger partial charge in [0.15, 0.2) is 0 Å². The molecule has 20 heavy (non-hydrogen) atoms. The number of hydrogen-bond donors (Lipinski definition) is 1. The number of nitrogens with zero attached hydrogens (tertiary/aromatic N) is 1. The number of carbonyl (C=O) groups excluding carboxylic acids is 2. The van der Waals surface area contributed by atoms with Gasteiger partial charge >= 0.3 is 5.97 Å². The first-order chi connectivity index (χ1) is 9.69. The van der Waals surface area contributed by atoms with Crippen molar-refractivity contribution >= 4 is 11.9 Å². The summed E-state index contributed by atoms with van der Waals surface area (Å²) >= 11 is 0. The van der Waals surface area contributed by atoms with E-state index in [9.17, 15) is 9.59 Å². The van der Waals surface area contributed by atoms with Gasteiger partial charge in [0.25, 0.3) is 0 Å². The van der Waals surface area contributed by atoms with Crippen LogP contribution in [0.25, 0.3) is 0 Å². The predicted octanol–water partition coefficient (Wildman–Crippen LogP) is 0.724. The zero-order valence-electron chi connectivity index (χ0n) is 11.7. The van der Waals surface area contributed by atoms with Crippen LogP contribution in [0.2, 0.25) is 0 Å². The van der Waals surface area contributed by atoms with E-state index in [1.54, 1.807) is 0 Å². The standard InChI is InChI=1S/C15H20N2O3/c1-20-15(19)10-12-4-2-3-5-13(12)11-17-8-6-14(18)16-7-9-17/h2-5H,6-11H2,1H3,(H,16,18). The Morgan fingerprint density at radius 3 is 2.80 bits per heavy atom. The molecule has 1 aromatic rings. The van der Waals surface area contributed by atoms with Crippen molar-refractivity contribution in [3.8, 4) is 0 Å². The van der Waals surface area contributed by atoms with E-state index in [4.69, 9.17) is 4.74 Å². The zero-order chi connectivity index (χ0) is 14.4. The first-order valence-corrected chi connectivity index (χ1v) is 6.81. The molecule has 5 heteroatoms. The molecule has 0 aromatic heterocycles. The molecule has 1 fully saturated rings. The molecule has 0 atom stereocenters. The summed E-state index contributed by atoms with van der Waals surface area (Å²) in [6.45, 7) is 3.01. The molecule has 0 radical (unpaired) electrons. The maximum absolute atomic E-state index is 11.4. The van der Waals surface area contributed by atoms with Gasteiger partial charge in [-0.25, -0.2) is 0 Å². The molecule has 1 aliphatic heterocycles. The van der Waals surface area contributed by atoms with Gasteiger partial charge in [-0.05, 0) is 11.1 Å². The van der Waals surface area contributed by atoms with Crippen LogP contribution < -0.4 is 5.32 Å². The fourth-order valence-electron chi connectivity index (χ4n) is 2.32. The van der Waals surface area contributed by atoms with Crippen molar-refractivity contribution in [1.82, 2.24) is 10.2 Å². The van der Waals surface area contributed by atoms with Crippen LogP contribution >= 0.6 is 0 Å². The second-order valence-corrected chi connectivity index (χ2v) is 4.90. The number of nitrogens with one attached hydrogen (secondary N) is 1. The summed E-state index contributed by atoms with van der Waals surface area (Å²) in [7, 11) is 1.40. The summed E-state index contributed by atoms with van der Waals surface area (Å²) in [5, 5.41) is 2.86. The van der Waals surface area contributed by atoms with Gasteiger partial charge in [0.2, 0.25) is 5.91 Å². The van der Waals surface area contributed by atoms with Crippen LogP contribution in [0.1, 0.15) is 17.5 Å². The van der Waals surface area contributed by atoms with E-state index in [1.807, 2.05) is 24.3 Å². The number of carbonyl (C=O) groups is 2. The maximum atomic E-state index is 11.4. The second kappa shape index (κ2) is 7.05. The van der Waals surface area contributed by atoms with E-state index in [2.05, 4.69) is 10.2 Å². The Balaban J connectivity index is 2.04. The molecule has 0 saturated carbocycles. The van der Waals surface area contributed by atoms with Gasteiger partial charge in [-0.1, -0.05) is 24.3 Å². The number of esters is 1.